The Kier molecular flexibility index (Phi) is 5.71. The van der Waals surface area contributed by atoms with Crippen LogP contribution in [0.4, 0.5) is 24.8 Å². The van der Waals surface area contributed by atoms with E-state index in [1.165, 1.54) is 13.1 Å². The van der Waals surface area contributed by atoms with Gasteiger partial charge in [-0.1, -0.05) is 6.92 Å². The van der Waals surface area contributed by atoms with Gasteiger partial charge in [0.2, 0.25) is 5.82 Å². The summed E-state index contributed by atoms with van der Waals surface area (Å²) in [4.78, 5) is 6.94. The summed E-state index contributed by atoms with van der Waals surface area (Å²) in [7, 11) is 1.52. The average Bonchev–Trinajstić information content (AvgIpc) is 2.36. The SMILES string of the molecule is CCC(CSC)Nc1cc(NC)nc(C(F)(F)F)n1. The molecule has 0 radical (unpaired) electrons. The van der Waals surface area contributed by atoms with Crippen molar-refractivity contribution in [3.05, 3.63) is 11.9 Å². The molecule has 0 amide bonds. The highest BCUT2D eigenvalue weighted by atomic mass is 32.2. The Bertz CT molecular complexity index is 411. The second kappa shape index (κ2) is 6.83. The van der Waals surface area contributed by atoms with E-state index in [1.807, 2.05) is 13.2 Å². The van der Waals surface area contributed by atoms with E-state index in [1.54, 1.807) is 11.8 Å². The largest absolute Gasteiger partial charge is 0.451 e. The molecule has 0 aliphatic carbocycles. The fraction of sp³-hybridized carbons (Fsp3) is 0.636. The Morgan fingerprint density at radius 1 is 1.32 bits per heavy atom. The van der Waals surface area contributed by atoms with Gasteiger partial charge in [-0.25, -0.2) is 9.97 Å². The van der Waals surface area contributed by atoms with Crippen LogP contribution in [0.25, 0.3) is 0 Å². The first-order valence-corrected chi connectivity index (χ1v) is 7.19. The molecule has 1 rings (SSSR count). The number of anilines is 2. The number of rotatable bonds is 6. The van der Waals surface area contributed by atoms with E-state index in [-0.39, 0.29) is 17.7 Å². The van der Waals surface area contributed by atoms with Crippen molar-refractivity contribution in [3.63, 3.8) is 0 Å². The summed E-state index contributed by atoms with van der Waals surface area (Å²) in [5, 5.41) is 5.61. The molecule has 1 unspecified atom stereocenters. The van der Waals surface area contributed by atoms with Gasteiger partial charge in [0.05, 0.1) is 0 Å². The molecule has 19 heavy (non-hydrogen) atoms. The summed E-state index contributed by atoms with van der Waals surface area (Å²) in [6.07, 6.45) is -1.80. The Morgan fingerprint density at radius 2 is 1.95 bits per heavy atom. The molecular weight excluding hydrogens is 277 g/mol. The number of hydrogen-bond donors (Lipinski definition) is 2. The first-order valence-electron chi connectivity index (χ1n) is 5.80. The molecule has 0 aromatic carbocycles. The zero-order chi connectivity index (χ0) is 14.5. The van der Waals surface area contributed by atoms with Gasteiger partial charge in [-0.2, -0.15) is 24.9 Å². The number of nitrogens with one attached hydrogen (secondary N) is 2. The molecule has 0 aliphatic rings. The minimum Gasteiger partial charge on any atom is -0.373 e. The zero-order valence-electron chi connectivity index (χ0n) is 11.0. The van der Waals surface area contributed by atoms with Crippen LogP contribution in [0.5, 0.6) is 0 Å². The molecule has 8 heteroatoms. The minimum atomic E-state index is -4.55. The number of halogens is 3. The monoisotopic (exact) mass is 294 g/mol. The third kappa shape index (κ3) is 4.77. The third-order valence-electron chi connectivity index (χ3n) is 2.45. The van der Waals surface area contributed by atoms with Gasteiger partial charge in [-0.3, -0.25) is 0 Å². The molecule has 4 nitrogen and oxygen atoms in total. The van der Waals surface area contributed by atoms with Crippen molar-refractivity contribution in [3.8, 4) is 0 Å². The topological polar surface area (TPSA) is 49.8 Å². The highest BCUT2D eigenvalue weighted by Gasteiger charge is 2.35. The van der Waals surface area contributed by atoms with Crippen molar-refractivity contribution in [1.29, 1.82) is 0 Å². The molecule has 2 N–H and O–H groups in total. The lowest BCUT2D eigenvalue weighted by atomic mass is 10.2. The first kappa shape index (κ1) is 15.9. The minimum absolute atomic E-state index is 0.0793. The van der Waals surface area contributed by atoms with E-state index in [9.17, 15) is 13.2 Å². The quantitative estimate of drug-likeness (QED) is 0.844. The lowest BCUT2D eigenvalue weighted by molar-refractivity contribution is -0.144. The molecule has 108 valence electrons. The molecule has 0 aliphatic heterocycles. The first-order chi connectivity index (χ1) is 8.90. The smallest absolute Gasteiger partial charge is 0.373 e. The van der Waals surface area contributed by atoms with E-state index in [0.29, 0.717) is 0 Å². The van der Waals surface area contributed by atoms with E-state index >= 15 is 0 Å². The number of hydrogen-bond acceptors (Lipinski definition) is 5. The van der Waals surface area contributed by atoms with Gasteiger partial charge in [-0.05, 0) is 12.7 Å². The van der Waals surface area contributed by atoms with Crippen molar-refractivity contribution in [2.45, 2.75) is 25.6 Å². The van der Waals surface area contributed by atoms with Crippen molar-refractivity contribution in [1.82, 2.24) is 9.97 Å². The molecule has 1 aromatic rings. The highest BCUT2D eigenvalue weighted by molar-refractivity contribution is 7.98. The van der Waals surface area contributed by atoms with Gasteiger partial charge in [0.1, 0.15) is 11.6 Å². The summed E-state index contributed by atoms with van der Waals surface area (Å²) < 4.78 is 38.0. The summed E-state index contributed by atoms with van der Waals surface area (Å²) in [6.45, 7) is 1.97. The molecule has 1 atom stereocenters. The van der Waals surface area contributed by atoms with Gasteiger partial charge in [-0.15, -0.1) is 0 Å². The normalized spacial score (nSPS) is 13.2. The average molecular weight is 294 g/mol. The van der Waals surface area contributed by atoms with Crippen molar-refractivity contribution in [2.75, 3.05) is 29.7 Å². The van der Waals surface area contributed by atoms with E-state index < -0.39 is 12.0 Å². The third-order valence-corrected chi connectivity index (χ3v) is 3.18. The predicted molar refractivity (Wildman–Crippen MR) is 72.7 cm³/mol. The number of thioether (sulfide) groups is 1. The lowest BCUT2D eigenvalue weighted by Crippen LogP contribution is -2.23. The van der Waals surface area contributed by atoms with Crippen LogP contribution in [0.1, 0.15) is 19.2 Å². The number of aromatic nitrogens is 2. The zero-order valence-corrected chi connectivity index (χ0v) is 11.8. The summed E-state index contributed by atoms with van der Waals surface area (Å²) in [5.74, 6) is -0.00577. The van der Waals surface area contributed by atoms with E-state index in [2.05, 4.69) is 20.6 Å². The highest BCUT2D eigenvalue weighted by Crippen LogP contribution is 2.28. The maximum absolute atomic E-state index is 12.7. The number of alkyl halides is 3. The second-order valence-electron chi connectivity index (χ2n) is 3.91. The molecule has 0 saturated heterocycles. The molecular formula is C11H17F3N4S. The lowest BCUT2D eigenvalue weighted by Gasteiger charge is -2.18. The van der Waals surface area contributed by atoms with Gasteiger partial charge in [0.25, 0.3) is 0 Å². The van der Waals surface area contributed by atoms with Crippen LogP contribution >= 0.6 is 11.8 Å². The molecule has 1 aromatic heterocycles. The fourth-order valence-corrected chi connectivity index (χ4v) is 2.17. The maximum atomic E-state index is 12.7. The van der Waals surface area contributed by atoms with Gasteiger partial charge < -0.3 is 10.6 Å². The van der Waals surface area contributed by atoms with Crippen LogP contribution in [0, 0.1) is 0 Å². The van der Waals surface area contributed by atoms with Gasteiger partial charge in [0.15, 0.2) is 0 Å². The van der Waals surface area contributed by atoms with Crippen LogP contribution in [-0.4, -0.2) is 35.1 Å². The molecule has 1 heterocycles. The molecule has 0 saturated carbocycles. The Morgan fingerprint density at radius 3 is 2.42 bits per heavy atom. The van der Waals surface area contributed by atoms with E-state index in [4.69, 9.17) is 0 Å². The van der Waals surface area contributed by atoms with Gasteiger partial charge in [0, 0.05) is 24.9 Å². The Hall–Kier alpha value is -1.18. The summed E-state index contributed by atoms with van der Waals surface area (Å²) in [5.41, 5.74) is 0. The van der Waals surface area contributed by atoms with Crippen LogP contribution in [-0.2, 0) is 6.18 Å². The van der Waals surface area contributed by atoms with Gasteiger partial charge >= 0.3 is 6.18 Å². The maximum Gasteiger partial charge on any atom is 0.451 e. The second-order valence-corrected chi connectivity index (χ2v) is 4.83. The van der Waals surface area contributed by atoms with Crippen LogP contribution < -0.4 is 10.6 Å². The standard InChI is InChI=1S/C11H17F3N4S/c1-4-7(6-19-3)16-9-5-8(15-2)17-10(18-9)11(12,13)14/h5,7H,4,6H2,1-3H3,(H2,15,16,17,18). The fourth-order valence-electron chi connectivity index (χ4n) is 1.45. The van der Waals surface area contributed by atoms with Crippen molar-refractivity contribution < 1.29 is 13.2 Å². The van der Waals surface area contributed by atoms with Crippen LogP contribution in [0.2, 0.25) is 0 Å². The Labute approximate surface area is 114 Å². The van der Waals surface area contributed by atoms with Crippen molar-refractivity contribution >= 4 is 23.4 Å². The van der Waals surface area contributed by atoms with Crippen molar-refractivity contribution in [2.24, 2.45) is 0 Å². The van der Waals surface area contributed by atoms with E-state index in [0.717, 1.165) is 12.2 Å². The summed E-state index contributed by atoms with van der Waals surface area (Å²) >= 11 is 1.63. The van der Waals surface area contributed by atoms with Crippen LogP contribution in [0.15, 0.2) is 6.07 Å². The Balaban J connectivity index is 3.00. The summed E-state index contributed by atoms with van der Waals surface area (Å²) in [6, 6.07) is 1.55. The molecule has 0 spiro atoms. The number of nitrogens with zero attached hydrogens (tertiary/aromatic N) is 2. The molecule has 0 bridgehead atoms. The predicted octanol–water partition coefficient (Wildman–Crippen LogP) is 3.09. The van der Waals surface area contributed by atoms with Crippen LogP contribution in [0.3, 0.4) is 0 Å². The molecule has 0 fully saturated rings.